The second-order valence-electron chi connectivity index (χ2n) is 3.35. The maximum absolute atomic E-state index is 11.7. The molecule has 7 heteroatoms. The number of nitrogens with zero attached hydrogens (tertiary/aromatic N) is 1. The molecule has 0 saturated heterocycles. The van der Waals surface area contributed by atoms with Crippen LogP contribution < -0.4 is 5.32 Å². The van der Waals surface area contributed by atoms with Gasteiger partial charge in [0, 0.05) is 11.1 Å². The van der Waals surface area contributed by atoms with E-state index in [1.54, 1.807) is 6.92 Å². The lowest BCUT2D eigenvalue weighted by atomic mass is 10.3. The molecule has 88 valence electrons. The molecule has 0 aliphatic heterocycles. The minimum absolute atomic E-state index is 0.101. The Morgan fingerprint density at radius 1 is 1.53 bits per heavy atom. The average Bonchev–Trinajstić information content (AvgIpc) is 2.86. The van der Waals surface area contributed by atoms with Gasteiger partial charge in [0.25, 0.3) is 5.91 Å². The van der Waals surface area contributed by atoms with E-state index in [0.717, 1.165) is 4.88 Å². The summed E-state index contributed by atoms with van der Waals surface area (Å²) in [6.07, 6.45) is 2.81. The van der Waals surface area contributed by atoms with Crippen LogP contribution in [0.1, 0.15) is 25.6 Å². The van der Waals surface area contributed by atoms with Gasteiger partial charge in [-0.2, -0.15) is 5.10 Å². The molecule has 0 bridgehead atoms. The number of carbonyl (C=O) groups is 2. The van der Waals surface area contributed by atoms with E-state index in [9.17, 15) is 9.59 Å². The smallest absolute Gasteiger partial charge is 0.338 e. The average molecular weight is 251 g/mol. The third-order valence-corrected chi connectivity index (χ3v) is 3.04. The molecule has 2 heterocycles. The van der Waals surface area contributed by atoms with Crippen molar-refractivity contribution in [3.63, 3.8) is 0 Å². The zero-order valence-corrected chi connectivity index (χ0v) is 9.67. The van der Waals surface area contributed by atoms with Gasteiger partial charge >= 0.3 is 5.97 Å². The number of anilines is 1. The predicted molar refractivity (Wildman–Crippen MR) is 62.6 cm³/mol. The number of carboxylic acid groups (broad SMARTS) is 1. The Morgan fingerprint density at radius 2 is 2.29 bits per heavy atom. The van der Waals surface area contributed by atoms with E-state index in [4.69, 9.17) is 5.11 Å². The molecular weight excluding hydrogens is 242 g/mol. The van der Waals surface area contributed by atoms with E-state index in [0.29, 0.717) is 10.6 Å². The van der Waals surface area contributed by atoms with E-state index in [-0.39, 0.29) is 11.5 Å². The first-order valence-electron chi connectivity index (χ1n) is 4.72. The van der Waals surface area contributed by atoms with Crippen LogP contribution >= 0.6 is 11.3 Å². The Balaban J connectivity index is 2.24. The summed E-state index contributed by atoms with van der Waals surface area (Å²) in [4.78, 5) is 23.5. The third kappa shape index (κ3) is 2.34. The Bertz CT molecular complexity index is 559. The van der Waals surface area contributed by atoms with Gasteiger partial charge < -0.3 is 10.4 Å². The van der Waals surface area contributed by atoms with Crippen molar-refractivity contribution in [1.82, 2.24) is 10.2 Å². The highest BCUT2D eigenvalue weighted by molar-refractivity contribution is 7.16. The first-order valence-corrected chi connectivity index (χ1v) is 5.53. The van der Waals surface area contributed by atoms with Gasteiger partial charge in [0.15, 0.2) is 0 Å². The van der Waals surface area contributed by atoms with Crippen LogP contribution in [0, 0.1) is 6.92 Å². The minimum atomic E-state index is -1.06. The lowest BCUT2D eigenvalue weighted by molar-refractivity contribution is 0.0698. The first kappa shape index (κ1) is 11.3. The second kappa shape index (κ2) is 4.38. The fourth-order valence-corrected chi connectivity index (χ4v) is 2.21. The Morgan fingerprint density at radius 3 is 2.88 bits per heavy atom. The van der Waals surface area contributed by atoms with Gasteiger partial charge in [-0.25, -0.2) is 4.79 Å². The van der Waals surface area contributed by atoms with Gasteiger partial charge in [-0.1, -0.05) is 0 Å². The molecule has 2 rings (SSSR count). The van der Waals surface area contributed by atoms with Gasteiger partial charge in [0.1, 0.15) is 5.00 Å². The van der Waals surface area contributed by atoms with Gasteiger partial charge in [-0.3, -0.25) is 9.89 Å². The maximum atomic E-state index is 11.7. The molecule has 0 radical (unpaired) electrons. The van der Waals surface area contributed by atoms with Crippen molar-refractivity contribution >= 4 is 28.2 Å². The number of amides is 1. The SMILES string of the molecule is Cc1cc(C(=O)O)c(NC(=O)c2cn[nH]c2)s1. The van der Waals surface area contributed by atoms with Crippen LogP contribution in [0.4, 0.5) is 5.00 Å². The van der Waals surface area contributed by atoms with Crippen LogP contribution in [-0.4, -0.2) is 27.2 Å². The molecule has 0 aliphatic rings. The van der Waals surface area contributed by atoms with E-state index < -0.39 is 5.97 Å². The molecule has 3 N–H and O–H groups in total. The Labute approximate surface area is 100 Å². The molecule has 2 aromatic heterocycles. The van der Waals surface area contributed by atoms with Crippen molar-refractivity contribution in [3.05, 3.63) is 34.5 Å². The maximum Gasteiger partial charge on any atom is 0.338 e. The molecule has 0 atom stereocenters. The number of nitrogens with one attached hydrogen (secondary N) is 2. The number of aromatic carboxylic acids is 1. The van der Waals surface area contributed by atoms with Crippen molar-refractivity contribution in [2.75, 3.05) is 5.32 Å². The van der Waals surface area contributed by atoms with Gasteiger partial charge in [0.2, 0.25) is 0 Å². The summed E-state index contributed by atoms with van der Waals surface area (Å²) in [6, 6.07) is 1.53. The molecule has 6 nitrogen and oxygen atoms in total. The summed E-state index contributed by atoms with van der Waals surface area (Å²) in [5, 5.41) is 18.0. The highest BCUT2D eigenvalue weighted by Crippen LogP contribution is 2.27. The molecule has 1 amide bonds. The zero-order valence-electron chi connectivity index (χ0n) is 8.85. The fourth-order valence-electron chi connectivity index (χ4n) is 1.32. The van der Waals surface area contributed by atoms with E-state index in [2.05, 4.69) is 15.5 Å². The van der Waals surface area contributed by atoms with Crippen molar-refractivity contribution in [3.8, 4) is 0 Å². The summed E-state index contributed by atoms with van der Waals surface area (Å²) in [5.41, 5.74) is 0.455. The van der Waals surface area contributed by atoms with Gasteiger partial charge in [-0.05, 0) is 13.0 Å². The highest BCUT2D eigenvalue weighted by Gasteiger charge is 2.16. The van der Waals surface area contributed by atoms with E-state index >= 15 is 0 Å². The van der Waals surface area contributed by atoms with Crippen LogP contribution in [0.2, 0.25) is 0 Å². The predicted octanol–water partition coefficient (Wildman–Crippen LogP) is 1.73. The lowest BCUT2D eigenvalue weighted by Crippen LogP contribution is -2.12. The van der Waals surface area contributed by atoms with Crippen LogP contribution in [0.3, 0.4) is 0 Å². The number of aryl methyl sites for hydroxylation is 1. The quantitative estimate of drug-likeness (QED) is 0.774. The lowest BCUT2D eigenvalue weighted by Gasteiger charge is -2.01. The minimum Gasteiger partial charge on any atom is -0.478 e. The molecule has 0 saturated carbocycles. The summed E-state index contributed by atoms with van der Waals surface area (Å²) < 4.78 is 0. The number of hydrogen-bond acceptors (Lipinski definition) is 4. The van der Waals surface area contributed by atoms with Crippen molar-refractivity contribution in [2.45, 2.75) is 6.92 Å². The van der Waals surface area contributed by atoms with Crippen molar-refractivity contribution in [2.24, 2.45) is 0 Å². The third-order valence-electron chi connectivity index (χ3n) is 2.07. The molecule has 17 heavy (non-hydrogen) atoms. The molecule has 2 aromatic rings. The molecule has 0 unspecified atom stereocenters. The van der Waals surface area contributed by atoms with Gasteiger partial charge in [0.05, 0.1) is 17.3 Å². The number of H-pyrrole nitrogens is 1. The number of thiophene rings is 1. The molecule has 0 fully saturated rings. The van der Waals surface area contributed by atoms with Gasteiger partial charge in [-0.15, -0.1) is 11.3 Å². The zero-order chi connectivity index (χ0) is 12.4. The Hall–Kier alpha value is -2.15. The number of hydrogen-bond donors (Lipinski definition) is 3. The summed E-state index contributed by atoms with van der Waals surface area (Å²) in [5.74, 6) is -1.44. The van der Waals surface area contributed by atoms with Crippen molar-refractivity contribution in [1.29, 1.82) is 0 Å². The standard InChI is InChI=1S/C10H9N3O3S/c1-5-2-7(10(15)16)9(17-5)13-8(14)6-3-11-12-4-6/h2-4H,1H3,(H,11,12)(H,13,14)(H,15,16). The fraction of sp³-hybridized carbons (Fsp3) is 0.100. The number of aromatic amines is 1. The van der Waals surface area contributed by atoms with Crippen LogP contribution in [0.5, 0.6) is 0 Å². The first-order chi connectivity index (χ1) is 8.08. The summed E-state index contributed by atoms with van der Waals surface area (Å²) >= 11 is 1.22. The molecule has 0 aliphatic carbocycles. The van der Waals surface area contributed by atoms with E-state index in [1.807, 2.05) is 0 Å². The number of carbonyl (C=O) groups excluding carboxylic acids is 1. The number of aromatic nitrogens is 2. The second-order valence-corrected chi connectivity index (χ2v) is 4.60. The number of rotatable bonds is 3. The topological polar surface area (TPSA) is 95.1 Å². The molecule has 0 aromatic carbocycles. The summed E-state index contributed by atoms with van der Waals surface area (Å²) in [6.45, 7) is 1.78. The van der Waals surface area contributed by atoms with Crippen molar-refractivity contribution < 1.29 is 14.7 Å². The van der Waals surface area contributed by atoms with E-state index in [1.165, 1.54) is 29.8 Å². The normalized spacial score (nSPS) is 10.2. The highest BCUT2D eigenvalue weighted by atomic mass is 32.1. The largest absolute Gasteiger partial charge is 0.478 e. The van der Waals surface area contributed by atoms with Crippen LogP contribution in [0.15, 0.2) is 18.5 Å². The van der Waals surface area contributed by atoms with Crippen LogP contribution in [0.25, 0.3) is 0 Å². The summed E-state index contributed by atoms with van der Waals surface area (Å²) in [7, 11) is 0. The molecular formula is C10H9N3O3S. The molecule has 0 spiro atoms. The number of carboxylic acids is 1. The van der Waals surface area contributed by atoms with Crippen LogP contribution in [-0.2, 0) is 0 Å². The Kier molecular flexibility index (Phi) is 2.92. The monoisotopic (exact) mass is 251 g/mol.